The molecule has 2 aromatic rings. The molecule has 1 aromatic heterocycles. The first-order chi connectivity index (χ1) is 13.8. The van der Waals surface area contributed by atoms with Gasteiger partial charge in [-0.25, -0.2) is 9.67 Å². The molecule has 3 heterocycles. The second-order valence-corrected chi connectivity index (χ2v) is 7.16. The monoisotopic (exact) mass is 511 g/mol. The lowest BCUT2D eigenvalue weighted by atomic mass is 10.1. The zero-order valence-corrected chi connectivity index (χ0v) is 19.2. The predicted octanol–water partition coefficient (Wildman–Crippen LogP) is 2.84. The van der Waals surface area contributed by atoms with Crippen LogP contribution in [0.25, 0.3) is 5.69 Å². The average Bonchev–Trinajstić information content (AvgIpc) is 3.46. The largest absolute Gasteiger partial charge is 0.375 e. The number of ether oxygens (including phenoxy) is 2. The molecule has 1 aromatic carbocycles. The maximum absolute atomic E-state index is 5.99. The van der Waals surface area contributed by atoms with Gasteiger partial charge in [0.05, 0.1) is 24.9 Å². The van der Waals surface area contributed by atoms with Gasteiger partial charge in [0, 0.05) is 38.6 Å². The molecule has 0 bridgehead atoms. The quantitative estimate of drug-likeness (QED) is 0.380. The molecule has 2 aliphatic heterocycles. The lowest BCUT2D eigenvalue weighted by Gasteiger charge is -2.37. The first-order valence-corrected chi connectivity index (χ1v) is 10.2. The van der Waals surface area contributed by atoms with E-state index in [1.54, 1.807) is 6.20 Å². The number of rotatable bonds is 5. The van der Waals surface area contributed by atoms with Gasteiger partial charge in [-0.2, -0.15) is 5.10 Å². The third kappa shape index (κ3) is 5.49. The van der Waals surface area contributed by atoms with E-state index >= 15 is 0 Å². The Bertz CT molecular complexity index is 777. The van der Waals surface area contributed by atoms with Gasteiger partial charge in [0.1, 0.15) is 6.10 Å². The number of aliphatic imine (C=N–C) groups is 1. The van der Waals surface area contributed by atoms with Crippen molar-refractivity contribution in [3.63, 3.8) is 0 Å². The van der Waals surface area contributed by atoms with Crippen molar-refractivity contribution in [2.24, 2.45) is 4.99 Å². The highest BCUT2D eigenvalue weighted by atomic mass is 127. The number of guanidine groups is 1. The molecule has 29 heavy (non-hydrogen) atoms. The molecule has 8 heteroatoms. The van der Waals surface area contributed by atoms with Crippen molar-refractivity contribution in [3.8, 4) is 5.69 Å². The third-order valence-corrected chi connectivity index (χ3v) is 5.25. The Morgan fingerprint density at radius 3 is 2.83 bits per heavy atom. The van der Waals surface area contributed by atoms with E-state index in [0.29, 0.717) is 13.2 Å². The number of hydrogen-bond acceptors (Lipinski definition) is 4. The maximum atomic E-state index is 5.99. The van der Waals surface area contributed by atoms with E-state index in [-0.39, 0.29) is 36.2 Å². The van der Waals surface area contributed by atoms with Gasteiger partial charge in [-0.15, -0.1) is 24.0 Å². The minimum atomic E-state index is 0. The third-order valence-electron chi connectivity index (χ3n) is 5.25. The SMILES string of the molecule is CCNC(=NCc1ccccc1-n1cccn1)N1CCOC(C2CCCO2)C1.I. The number of nitrogens with one attached hydrogen (secondary N) is 1. The molecule has 2 saturated heterocycles. The standard InChI is InChI=1S/C21H29N5O2.HI/c1-2-22-21(25-12-14-28-20(16-25)19-9-5-13-27-19)23-15-17-7-3-4-8-18(17)26-11-6-10-24-26;/h3-4,6-8,10-11,19-20H,2,5,9,12-16H2,1H3,(H,22,23);1H. The highest BCUT2D eigenvalue weighted by Crippen LogP contribution is 2.21. The maximum Gasteiger partial charge on any atom is 0.194 e. The summed E-state index contributed by atoms with van der Waals surface area (Å²) < 4.78 is 13.7. The molecule has 0 saturated carbocycles. The van der Waals surface area contributed by atoms with Crippen LogP contribution >= 0.6 is 24.0 Å². The van der Waals surface area contributed by atoms with Crippen molar-refractivity contribution >= 4 is 29.9 Å². The number of nitrogens with zero attached hydrogens (tertiary/aromatic N) is 4. The highest BCUT2D eigenvalue weighted by molar-refractivity contribution is 14.0. The van der Waals surface area contributed by atoms with Crippen molar-refractivity contribution in [3.05, 3.63) is 48.3 Å². The fraction of sp³-hybridized carbons (Fsp3) is 0.524. The summed E-state index contributed by atoms with van der Waals surface area (Å²) >= 11 is 0. The highest BCUT2D eigenvalue weighted by Gasteiger charge is 2.32. The molecule has 0 radical (unpaired) electrons. The van der Waals surface area contributed by atoms with Crippen LogP contribution < -0.4 is 5.32 Å². The molecule has 0 amide bonds. The van der Waals surface area contributed by atoms with Crippen molar-refractivity contribution in [2.75, 3.05) is 32.8 Å². The smallest absolute Gasteiger partial charge is 0.194 e. The van der Waals surface area contributed by atoms with Crippen LogP contribution in [0.3, 0.4) is 0 Å². The molecule has 2 atom stereocenters. The predicted molar refractivity (Wildman–Crippen MR) is 124 cm³/mol. The molecule has 1 N–H and O–H groups in total. The fourth-order valence-electron chi connectivity index (χ4n) is 3.85. The average molecular weight is 511 g/mol. The summed E-state index contributed by atoms with van der Waals surface area (Å²) in [7, 11) is 0. The Morgan fingerprint density at radius 2 is 2.07 bits per heavy atom. The molecule has 0 spiro atoms. The molecule has 0 aliphatic carbocycles. The van der Waals surface area contributed by atoms with Crippen LogP contribution in [0.1, 0.15) is 25.3 Å². The summed E-state index contributed by atoms with van der Waals surface area (Å²) in [6, 6.07) is 10.2. The van der Waals surface area contributed by atoms with Crippen LogP contribution in [0.15, 0.2) is 47.7 Å². The minimum Gasteiger partial charge on any atom is -0.375 e. The second-order valence-electron chi connectivity index (χ2n) is 7.16. The van der Waals surface area contributed by atoms with Gasteiger partial charge in [-0.1, -0.05) is 18.2 Å². The van der Waals surface area contributed by atoms with Crippen LogP contribution in [0, 0.1) is 0 Å². The second kappa shape index (κ2) is 10.9. The van der Waals surface area contributed by atoms with Gasteiger partial charge < -0.3 is 19.7 Å². The van der Waals surface area contributed by atoms with E-state index in [4.69, 9.17) is 14.5 Å². The van der Waals surface area contributed by atoms with Gasteiger partial charge in [-0.05, 0) is 37.5 Å². The summed E-state index contributed by atoms with van der Waals surface area (Å²) in [4.78, 5) is 7.23. The topological polar surface area (TPSA) is 63.9 Å². The molecular formula is C21H30IN5O2. The zero-order chi connectivity index (χ0) is 19.2. The normalized spacial score (nSPS) is 22.4. The van der Waals surface area contributed by atoms with Gasteiger partial charge in [0.15, 0.2) is 5.96 Å². The van der Waals surface area contributed by atoms with Crippen LogP contribution in [-0.2, 0) is 16.0 Å². The molecular weight excluding hydrogens is 481 g/mol. The number of hydrogen-bond donors (Lipinski definition) is 1. The van der Waals surface area contributed by atoms with Crippen LogP contribution in [0.2, 0.25) is 0 Å². The van der Waals surface area contributed by atoms with Gasteiger partial charge in [0.2, 0.25) is 0 Å². The summed E-state index contributed by atoms with van der Waals surface area (Å²) in [5.41, 5.74) is 2.21. The first kappa shape index (κ1) is 22.0. The summed E-state index contributed by atoms with van der Waals surface area (Å²) in [5.74, 6) is 0.934. The van der Waals surface area contributed by atoms with Gasteiger partial charge >= 0.3 is 0 Å². The Labute approximate surface area is 189 Å². The molecule has 2 aliphatic rings. The Balaban J connectivity index is 0.00000240. The van der Waals surface area contributed by atoms with E-state index in [9.17, 15) is 0 Å². The molecule has 4 rings (SSSR count). The number of morpholine rings is 1. The number of benzene rings is 1. The van der Waals surface area contributed by atoms with Crippen molar-refractivity contribution in [1.29, 1.82) is 0 Å². The van der Waals surface area contributed by atoms with Crippen LogP contribution in [0.5, 0.6) is 0 Å². The summed E-state index contributed by atoms with van der Waals surface area (Å²) in [5, 5.41) is 7.81. The first-order valence-electron chi connectivity index (χ1n) is 10.2. The van der Waals surface area contributed by atoms with E-state index in [1.807, 2.05) is 29.1 Å². The van der Waals surface area contributed by atoms with Gasteiger partial charge in [-0.3, -0.25) is 0 Å². The zero-order valence-electron chi connectivity index (χ0n) is 16.9. The van der Waals surface area contributed by atoms with E-state index in [1.165, 1.54) is 0 Å². The molecule has 2 fully saturated rings. The Hall–Kier alpha value is -1.65. The number of aromatic nitrogens is 2. The fourth-order valence-corrected chi connectivity index (χ4v) is 3.85. The summed E-state index contributed by atoms with van der Waals surface area (Å²) in [6.07, 6.45) is 6.31. The number of para-hydroxylation sites is 1. The van der Waals surface area contributed by atoms with Crippen molar-refractivity contribution in [1.82, 2.24) is 20.0 Å². The lowest BCUT2D eigenvalue weighted by molar-refractivity contribution is -0.0817. The van der Waals surface area contributed by atoms with Crippen molar-refractivity contribution < 1.29 is 9.47 Å². The van der Waals surface area contributed by atoms with Crippen LogP contribution in [0.4, 0.5) is 0 Å². The molecule has 158 valence electrons. The minimum absolute atomic E-state index is 0. The number of halogens is 1. The van der Waals surface area contributed by atoms with E-state index in [2.05, 4.69) is 34.4 Å². The Kier molecular flexibility index (Phi) is 8.31. The van der Waals surface area contributed by atoms with Crippen LogP contribution in [-0.4, -0.2) is 65.7 Å². The van der Waals surface area contributed by atoms with Crippen molar-refractivity contribution in [2.45, 2.75) is 38.5 Å². The van der Waals surface area contributed by atoms with E-state index < -0.39 is 0 Å². The molecule has 2 unspecified atom stereocenters. The summed E-state index contributed by atoms with van der Waals surface area (Å²) in [6.45, 7) is 6.75. The van der Waals surface area contributed by atoms with Gasteiger partial charge in [0.25, 0.3) is 0 Å². The lowest BCUT2D eigenvalue weighted by Crippen LogP contribution is -2.53. The molecule has 7 nitrogen and oxygen atoms in total. The van der Waals surface area contributed by atoms with E-state index in [0.717, 1.165) is 56.3 Å². The Morgan fingerprint density at radius 1 is 1.21 bits per heavy atom.